The minimum Gasteiger partial charge on any atom is -0.455 e. The lowest BCUT2D eigenvalue weighted by Crippen LogP contribution is -2.55. The number of benzene rings is 1. The predicted octanol–water partition coefficient (Wildman–Crippen LogP) is 2.88. The number of carbonyl (C=O) groups is 2. The van der Waals surface area contributed by atoms with E-state index in [1.54, 1.807) is 30.3 Å². The summed E-state index contributed by atoms with van der Waals surface area (Å²) in [5.74, 6) is -0.430. The lowest BCUT2D eigenvalue weighted by Gasteiger charge is -2.46. The second kappa shape index (κ2) is 6.78. The van der Waals surface area contributed by atoms with E-state index in [1.807, 2.05) is 13.0 Å². The topological polar surface area (TPSA) is 61.8 Å². The molecule has 0 saturated carbocycles. The minimum atomic E-state index is -0.626. The van der Waals surface area contributed by atoms with E-state index in [0.717, 1.165) is 5.57 Å². The average molecular weight is 395 g/mol. The zero-order chi connectivity index (χ0) is 17.3. The van der Waals surface area contributed by atoms with Crippen LogP contribution in [0.15, 0.2) is 42.0 Å². The minimum absolute atomic E-state index is 0.00543. The summed E-state index contributed by atoms with van der Waals surface area (Å²) in [7, 11) is 1.54. The number of fused-ring (bicyclic) bond motifs is 1. The maximum atomic E-state index is 12.5. The Morgan fingerprint density at radius 3 is 2.71 bits per heavy atom. The molecule has 0 unspecified atom stereocenters. The van der Waals surface area contributed by atoms with Crippen molar-refractivity contribution < 1.29 is 23.8 Å². The van der Waals surface area contributed by atoms with Crippen LogP contribution < -0.4 is 0 Å². The van der Waals surface area contributed by atoms with Gasteiger partial charge in [-0.3, -0.25) is 4.79 Å². The smallest absolute Gasteiger partial charge is 0.338 e. The molecule has 0 radical (unpaired) electrons. The van der Waals surface area contributed by atoms with Gasteiger partial charge in [0.25, 0.3) is 0 Å². The quantitative estimate of drug-likeness (QED) is 0.580. The Bertz CT molecular complexity index is 671. The van der Waals surface area contributed by atoms with Crippen molar-refractivity contribution in [1.29, 1.82) is 0 Å². The Labute approximate surface area is 149 Å². The largest absolute Gasteiger partial charge is 0.455 e. The fourth-order valence-corrected chi connectivity index (χ4v) is 3.92. The SMILES string of the molecule is CO[C@H]1O[C@H](CBr)[C@@H](OC(=O)c2ccccc2)[C@]2(C)CC(=O)C=C12. The predicted molar refractivity (Wildman–Crippen MR) is 90.9 cm³/mol. The van der Waals surface area contributed by atoms with Gasteiger partial charge in [-0.15, -0.1) is 0 Å². The summed E-state index contributed by atoms with van der Waals surface area (Å²) < 4.78 is 17.1. The molecule has 0 spiro atoms. The molecule has 0 bridgehead atoms. The van der Waals surface area contributed by atoms with Crippen LogP contribution >= 0.6 is 15.9 Å². The van der Waals surface area contributed by atoms with E-state index < -0.39 is 29.9 Å². The normalized spacial score (nSPS) is 32.2. The van der Waals surface area contributed by atoms with Crippen LogP contribution in [-0.2, 0) is 19.0 Å². The van der Waals surface area contributed by atoms with Gasteiger partial charge in [-0.2, -0.15) is 0 Å². The number of alkyl halides is 1. The fraction of sp³-hybridized carbons (Fsp3) is 0.444. The molecule has 1 saturated heterocycles. The molecular weight excluding hydrogens is 376 g/mol. The summed E-state index contributed by atoms with van der Waals surface area (Å²) in [6, 6.07) is 8.80. The van der Waals surface area contributed by atoms with Crippen LogP contribution in [0.2, 0.25) is 0 Å². The first-order valence-electron chi connectivity index (χ1n) is 7.74. The monoisotopic (exact) mass is 394 g/mol. The van der Waals surface area contributed by atoms with Gasteiger partial charge in [-0.25, -0.2) is 4.79 Å². The van der Waals surface area contributed by atoms with Crippen molar-refractivity contribution in [3.63, 3.8) is 0 Å². The number of ether oxygens (including phenoxy) is 3. The molecule has 1 fully saturated rings. The molecule has 1 aliphatic carbocycles. The molecule has 4 atom stereocenters. The molecule has 128 valence electrons. The van der Waals surface area contributed by atoms with Crippen molar-refractivity contribution in [3.05, 3.63) is 47.5 Å². The van der Waals surface area contributed by atoms with Gasteiger partial charge in [0.1, 0.15) is 12.2 Å². The summed E-state index contributed by atoms with van der Waals surface area (Å²) in [5.41, 5.74) is 0.579. The molecule has 1 heterocycles. The highest BCUT2D eigenvalue weighted by Crippen LogP contribution is 2.49. The molecule has 0 amide bonds. The molecular formula is C18H19BrO5. The van der Waals surface area contributed by atoms with Gasteiger partial charge in [-0.1, -0.05) is 41.1 Å². The van der Waals surface area contributed by atoms with Crippen molar-refractivity contribution in [3.8, 4) is 0 Å². The first-order valence-corrected chi connectivity index (χ1v) is 8.87. The Kier molecular flexibility index (Phi) is 4.90. The Morgan fingerprint density at radius 2 is 2.08 bits per heavy atom. The highest BCUT2D eigenvalue weighted by molar-refractivity contribution is 9.09. The molecule has 3 rings (SSSR count). The first kappa shape index (κ1) is 17.3. The lowest BCUT2D eigenvalue weighted by molar-refractivity contribution is -0.206. The van der Waals surface area contributed by atoms with Crippen LogP contribution in [-0.4, -0.2) is 42.7 Å². The summed E-state index contributed by atoms with van der Waals surface area (Å²) in [5, 5.41) is 0.469. The third-order valence-corrected chi connectivity index (χ3v) is 5.28. The number of halogens is 1. The summed E-state index contributed by atoms with van der Waals surface area (Å²) in [4.78, 5) is 24.5. The average Bonchev–Trinajstić information content (AvgIpc) is 2.91. The van der Waals surface area contributed by atoms with E-state index in [2.05, 4.69) is 15.9 Å². The second-order valence-corrected chi connectivity index (χ2v) is 6.90. The van der Waals surface area contributed by atoms with Crippen LogP contribution in [0.5, 0.6) is 0 Å². The summed E-state index contributed by atoms with van der Waals surface area (Å²) in [6.45, 7) is 1.93. The molecule has 24 heavy (non-hydrogen) atoms. The number of allylic oxidation sites excluding steroid dienone is 1. The van der Waals surface area contributed by atoms with Gasteiger partial charge in [-0.05, 0) is 23.8 Å². The van der Waals surface area contributed by atoms with Gasteiger partial charge in [0.2, 0.25) is 0 Å². The van der Waals surface area contributed by atoms with E-state index in [1.165, 1.54) is 7.11 Å². The van der Waals surface area contributed by atoms with E-state index in [0.29, 0.717) is 10.9 Å². The maximum Gasteiger partial charge on any atom is 0.338 e. The summed E-state index contributed by atoms with van der Waals surface area (Å²) in [6.07, 6.45) is 0.254. The van der Waals surface area contributed by atoms with Gasteiger partial charge in [0, 0.05) is 24.3 Å². The second-order valence-electron chi connectivity index (χ2n) is 6.25. The van der Waals surface area contributed by atoms with Crippen LogP contribution in [0.1, 0.15) is 23.7 Å². The molecule has 1 aromatic carbocycles. The molecule has 1 aromatic rings. The zero-order valence-corrected chi connectivity index (χ0v) is 15.1. The van der Waals surface area contributed by atoms with Crippen molar-refractivity contribution >= 4 is 27.7 Å². The number of esters is 1. The van der Waals surface area contributed by atoms with Crippen LogP contribution in [0.3, 0.4) is 0 Å². The van der Waals surface area contributed by atoms with Crippen molar-refractivity contribution in [2.45, 2.75) is 31.8 Å². The van der Waals surface area contributed by atoms with E-state index in [-0.39, 0.29) is 12.2 Å². The number of rotatable bonds is 4. The van der Waals surface area contributed by atoms with Crippen LogP contribution in [0, 0.1) is 5.41 Å². The standard InChI is InChI=1S/C18H19BrO5/c1-18-9-12(20)8-13(18)17(22-2)23-14(10-19)15(18)24-16(21)11-6-4-3-5-7-11/h3-8,14-15,17H,9-10H2,1-2H3/t14-,15-,17+,18-/m1/s1. The van der Waals surface area contributed by atoms with E-state index in [4.69, 9.17) is 14.2 Å². The van der Waals surface area contributed by atoms with Gasteiger partial charge < -0.3 is 14.2 Å². The number of hydrogen-bond donors (Lipinski definition) is 0. The number of ketones is 1. The Hall–Kier alpha value is -1.50. The fourth-order valence-electron chi connectivity index (χ4n) is 3.43. The maximum absolute atomic E-state index is 12.5. The number of methoxy groups -OCH3 is 1. The zero-order valence-electron chi connectivity index (χ0n) is 13.5. The van der Waals surface area contributed by atoms with Gasteiger partial charge >= 0.3 is 5.97 Å². The molecule has 2 aliphatic rings. The van der Waals surface area contributed by atoms with E-state index in [9.17, 15) is 9.59 Å². The highest BCUT2D eigenvalue weighted by Gasteiger charge is 2.55. The van der Waals surface area contributed by atoms with Crippen LogP contribution in [0.4, 0.5) is 0 Å². The molecule has 5 nitrogen and oxygen atoms in total. The van der Waals surface area contributed by atoms with E-state index >= 15 is 0 Å². The highest BCUT2D eigenvalue weighted by atomic mass is 79.9. The molecule has 0 aromatic heterocycles. The number of carbonyl (C=O) groups excluding carboxylic acids is 2. The molecule has 6 heteroatoms. The van der Waals surface area contributed by atoms with Gasteiger partial charge in [0.15, 0.2) is 12.1 Å². The van der Waals surface area contributed by atoms with Crippen molar-refractivity contribution in [1.82, 2.24) is 0 Å². The first-order chi connectivity index (χ1) is 11.5. The van der Waals surface area contributed by atoms with Gasteiger partial charge in [0.05, 0.1) is 5.56 Å². The number of hydrogen-bond acceptors (Lipinski definition) is 5. The molecule has 1 aliphatic heterocycles. The third-order valence-electron chi connectivity index (χ3n) is 4.65. The Balaban J connectivity index is 1.91. The lowest BCUT2D eigenvalue weighted by atomic mass is 9.73. The van der Waals surface area contributed by atoms with Crippen LogP contribution in [0.25, 0.3) is 0 Å². The third kappa shape index (κ3) is 2.94. The van der Waals surface area contributed by atoms with Crippen molar-refractivity contribution in [2.75, 3.05) is 12.4 Å². The summed E-state index contributed by atoms with van der Waals surface area (Å²) >= 11 is 3.41. The Morgan fingerprint density at radius 1 is 1.38 bits per heavy atom. The van der Waals surface area contributed by atoms with Crippen molar-refractivity contribution in [2.24, 2.45) is 5.41 Å². The molecule has 0 N–H and O–H groups in total.